The van der Waals surface area contributed by atoms with Crippen LogP contribution in [-0.4, -0.2) is 29.0 Å². The van der Waals surface area contributed by atoms with Gasteiger partial charge in [-0.15, -0.1) is 0 Å². The van der Waals surface area contributed by atoms with Crippen LogP contribution < -0.4 is 10.2 Å². The minimum Gasteiger partial charge on any atom is -0.348 e. The molecule has 5 nitrogen and oxygen atoms in total. The number of nitrogens with one attached hydrogen (secondary N) is 1. The molecular formula is C17H22N4O. The van der Waals surface area contributed by atoms with Crippen LogP contribution in [-0.2, 0) is 6.54 Å². The molecule has 1 aromatic carbocycles. The largest absolute Gasteiger partial charge is 0.348 e. The number of nitrogens with zero attached hydrogens (tertiary/aromatic N) is 3. The Hall–Kier alpha value is -2.43. The summed E-state index contributed by atoms with van der Waals surface area (Å²) in [5, 5.41) is 2.91. The molecule has 0 aliphatic carbocycles. The molecule has 2 aromatic rings. The molecule has 0 saturated heterocycles. The van der Waals surface area contributed by atoms with Crippen LogP contribution in [0.1, 0.15) is 36.3 Å². The molecule has 0 spiro atoms. The molecule has 0 aliphatic heterocycles. The maximum atomic E-state index is 12.1. The minimum absolute atomic E-state index is 0.132. The number of hydrogen-bond acceptors (Lipinski definition) is 4. The first-order valence-corrected chi connectivity index (χ1v) is 7.49. The summed E-state index contributed by atoms with van der Waals surface area (Å²) >= 11 is 0. The third kappa shape index (κ3) is 4.28. The lowest BCUT2D eigenvalue weighted by Gasteiger charge is -2.18. The van der Waals surface area contributed by atoms with E-state index in [4.69, 9.17) is 0 Å². The highest BCUT2D eigenvalue weighted by molar-refractivity contribution is 5.92. The van der Waals surface area contributed by atoms with Crippen molar-refractivity contribution >= 4 is 11.9 Å². The second-order valence-electron chi connectivity index (χ2n) is 5.37. The van der Waals surface area contributed by atoms with E-state index in [0.717, 1.165) is 6.42 Å². The fraction of sp³-hybridized carbons (Fsp3) is 0.353. The van der Waals surface area contributed by atoms with Crippen molar-refractivity contribution in [3.8, 4) is 0 Å². The highest BCUT2D eigenvalue weighted by atomic mass is 16.1. The Morgan fingerprint density at radius 2 is 2.00 bits per heavy atom. The van der Waals surface area contributed by atoms with Crippen LogP contribution in [0.2, 0.25) is 0 Å². The summed E-state index contributed by atoms with van der Waals surface area (Å²) in [6.07, 6.45) is 2.51. The van der Waals surface area contributed by atoms with Gasteiger partial charge >= 0.3 is 0 Å². The predicted octanol–water partition coefficient (Wildman–Crippen LogP) is 2.64. The number of amides is 1. The molecule has 116 valence electrons. The molecule has 1 heterocycles. The van der Waals surface area contributed by atoms with Gasteiger partial charge in [-0.3, -0.25) is 4.79 Å². The van der Waals surface area contributed by atoms with Crippen molar-refractivity contribution in [1.82, 2.24) is 15.3 Å². The number of anilines is 1. The Bertz CT molecular complexity index is 615. The Labute approximate surface area is 131 Å². The van der Waals surface area contributed by atoms with E-state index in [2.05, 4.69) is 27.4 Å². The Balaban J connectivity index is 2.09. The van der Waals surface area contributed by atoms with Crippen molar-refractivity contribution in [2.45, 2.75) is 32.9 Å². The van der Waals surface area contributed by atoms with Crippen molar-refractivity contribution in [3.05, 3.63) is 53.9 Å². The van der Waals surface area contributed by atoms with Crippen molar-refractivity contribution < 1.29 is 4.79 Å². The lowest BCUT2D eigenvalue weighted by Crippen LogP contribution is -2.33. The zero-order chi connectivity index (χ0) is 15.9. The standard InChI is InChI=1S/C17H22N4O/c1-4-13(2)19-16(22)15-10-11-18-17(20-15)21(3)12-14-8-6-5-7-9-14/h5-11,13H,4,12H2,1-3H3,(H,19,22). The lowest BCUT2D eigenvalue weighted by molar-refractivity contribution is 0.0934. The molecule has 0 aliphatic rings. The maximum Gasteiger partial charge on any atom is 0.270 e. The van der Waals surface area contributed by atoms with Gasteiger partial charge in [0.15, 0.2) is 0 Å². The van der Waals surface area contributed by atoms with Crippen LogP contribution in [0.4, 0.5) is 5.95 Å². The molecule has 1 N–H and O–H groups in total. The highest BCUT2D eigenvalue weighted by Gasteiger charge is 2.13. The van der Waals surface area contributed by atoms with Crippen LogP contribution in [0, 0.1) is 0 Å². The quantitative estimate of drug-likeness (QED) is 0.890. The summed E-state index contributed by atoms with van der Waals surface area (Å²) in [6.45, 7) is 4.70. The molecule has 1 atom stereocenters. The molecule has 5 heteroatoms. The lowest BCUT2D eigenvalue weighted by atomic mass is 10.2. The third-order valence-electron chi connectivity index (χ3n) is 3.47. The van der Waals surface area contributed by atoms with Crippen LogP contribution >= 0.6 is 0 Å². The van der Waals surface area contributed by atoms with Gasteiger partial charge in [0.25, 0.3) is 5.91 Å². The SMILES string of the molecule is CCC(C)NC(=O)c1ccnc(N(C)Cc2ccccc2)n1. The molecule has 0 saturated carbocycles. The van der Waals surface area contributed by atoms with Gasteiger partial charge in [0.2, 0.25) is 5.95 Å². The first-order chi connectivity index (χ1) is 10.6. The molecule has 0 fully saturated rings. The average Bonchev–Trinajstić information content (AvgIpc) is 2.55. The van der Waals surface area contributed by atoms with E-state index >= 15 is 0 Å². The molecule has 0 bridgehead atoms. The average molecular weight is 298 g/mol. The van der Waals surface area contributed by atoms with Crippen molar-refractivity contribution in [2.24, 2.45) is 0 Å². The fourth-order valence-corrected chi connectivity index (χ4v) is 1.99. The molecule has 1 aromatic heterocycles. The van der Waals surface area contributed by atoms with Crippen molar-refractivity contribution in [1.29, 1.82) is 0 Å². The van der Waals surface area contributed by atoms with Gasteiger partial charge in [-0.25, -0.2) is 9.97 Å². The van der Waals surface area contributed by atoms with E-state index in [9.17, 15) is 4.79 Å². The second kappa shape index (κ2) is 7.54. The Morgan fingerprint density at radius 3 is 2.68 bits per heavy atom. The molecule has 22 heavy (non-hydrogen) atoms. The molecule has 1 amide bonds. The number of hydrogen-bond donors (Lipinski definition) is 1. The number of rotatable bonds is 6. The first kappa shape index (κ1) is 15.9. The Morgan fingerprint density at radius 1 is 1.27 bits per heavy atom. The summed E-state index contributed by atoms with van der Waals surface area (Å²) in [4.78, 5) is 22.7. The van der Waals surface area contributed by atoms with Crippen LogP contribution in [0.25, 0.3) is 0 Å². The van der Waals surface area contributed by atoms with Crippen LogP contribution in [0.3, 0.4) is 0 Å². The number of benzene rings is 1. The predicted molar refractivity (Wildman–Crippen MR) is 87.8 cm³/mol. The van der Waals surface area contributed by atoms with Crippen molar-refractivity contribution in [3.63, 3.8) is 0 Å². The normalized spacial score (nSPS) is 11.8. The van der Waals surface area contributed by atoms with E-state index in [0.29, 0.717) is 18.2 Å². The van der Waals surface area contributed by atoms with Gasteiger partial charge in [-0.05, 0) is 25.0 Å². The molecule has 2 rings (SSSR count). The third-order valence-corrected chi connectivity index (χ3v) is 3.47. The van der Waals surface area contributed by atoms with Gasteiger partial charge in [-0.1, -0.05) is 37.3 Å². The number of carbonyl (C=O) groups excluding carboxylic acids is 1. The molecule has 0 radical (unpaired) electrons. The number of carbonyl (C=O) groups is 1. The van der Waals surface area contributed by atoms with Gasteiger partial charge in [0.1, 0.15) is 5.69 Å². The van der Waals surface area contributed by atoms with E-state index < -0.39 is 0 Å². The summed E-state index contributed by atoms with van der Waals surface area (Å²) in [5.74, 6) is 0.381. The maximum absolute atomic E-state index is 12.1. The van der Waals surface area contributed by atoms with E-state index in [1.807, 2.05) is 44.0 Å². The smallest absolute Gasteiger partial charge is 0.270 e. The monoisotopic (exact) mass is 298 g/mol. The summed E-state index contributed by atoms with van der Waals surface area (Å²) in [6, 6.07) is 11.9. The summed E-state index contributed by atoms with van der Waals surface area (Å²) in [5.41, 5.74) is 1.56. The van der Waals surface area contributed by atoms with Crippen LogP contribution in [0.15, 0.2) is 42.6 Å². The molecular weight excluding hydrogens is 276 g/mol. The number of aromatic nitrogens is 2. The zero-order valence-corrected chi connectivity index (χ0v) is 13.3. The van der Waals surface area contributed by atoms with E-state index in [-0.39, 0.29) is 11.9 Å². The van der Waals surface area contributed by atoms with Gasteiger partial charge < -0.3 is 10.2 Å². The Kier molecular flexibility index (Phi) is 5.47. The second-order valence-corrected chi connectivity index (χ2v) is 5.37. The van der Waals surface area contributed by atoms with Gasteiger partial charge in [-0.2, -0.15) is 0 Å². The minimum atomic E-state index is -0.161. The van der Waals surface area contributed by atoms with Gasteiger partial charge in [0, 0.05) is 25.8 Å². The summed E-state index contributed by atoms with van der Waals surface area (Å²) in [7, 11) is 1.92. The van der Waals surface area contributed by atoms with Crippen LogP contribution in [0.5, 0.6) is 0 Å². The van der Waals surface area contributed by atoms with E-state index in [1.165, 1.54) is 5.56 Å². The first-order valence-electron chi connectivity index (χ1n) is 7.49. The summed E-state index contributed by atoms with van der Waals surface area (Å²) < 4.78 is 0. The zero-order valence-electron chi connectivity index (χ0n) is 13.3. The molecule has 1 unspecified atom stereocenters. The van der Waals surface area contributed by atoms with Gasteiger partial charge in [0.05, 0.1) is 0 Å². The topological polar surface area (TPSA) is 58.1 Å². The fourth-order valence-electron chi connectivity index (χ4n) is 1.99. The van der Waals surface area contributed by atoms with E-state index in [1.54, 1.807) is 12.3 Å². The van der Waals surface area contributed by atoms with Crippen molar-refractivity contribution in [2.75, 3.05) is 11.9 Å². The highest BCUT2D eigenvalue weighted by Crippen LogP contribution is 2.10.